The molecule has 0 radical (unpaired) electrons. The topological polar surface area (TPSA) is 39.2 Å². The van der Waals surface area contributed by atoms with Gasteiger partial charge in [0.25, 0.3) is 0 Å². The summed E-state index contributed by atoms with van der Waals surface area (Å²) in [5.74, 6) is 0.0976. The first kappa shape index (κ1) is 11.4. The Morgan fingerprint density at radius 2 is 2.22 bits per heavy atom. The van der Waals surface area contributed by atoms with Crippen molar-refractivity contribution >= 4 is 16.7 Å². The van der Waals surface area contributed by atoms with Crippen LogP contribution in [0.25, 0.3) is 10.9 Å². The van der Waals surface area contributed by atoms with E-state index in [2.05, 4.69) is 4.98 Å². The molecule has 92 valence electrons. The first-order chi connectivity index (χ1) is 8.84. The zero-order valence-corrected chi connectivity index (χ0v) is 10.1. The Kier molecular flexibility index (Phi) is 3.07. The maximum atomic E-state index is 12.3. The van der Waals surface area contributed by atoms with E-state index in [1.807, 2.05) is 30.3 Å². The van der Waals surface area contributed by atoms with Gasteiger partial charge in [-0.2, -0.15) is 0 Å². The SMILES string of the molecule is O=C(c1ccc2ncccc2c1)C1CCCCO1. The minimum atomic E-state index is -0.257. The third kappa shape index (κ3) is 2.14. The van der Waals surface area contributed by atoms with Gasteiger partial charge in [-0.05, 0) is 43.5 Å². The van der Waals surface area contributed by atoms with Crippen molar-refractivity contribution in [1.82, 2.24) is 4.98 Å². The van der Waals surface area contributed by atoms with Crippen molar-refractivity contribution in [1.29, 1.82) is 0 Å². The lowest BCUT2D eigenvalue weighted by molar-refractivity contribution is 0.0186. The summed E-state index contributed by atoms with van der Waals surface area (Å²) in [7, 11) is 0. The molecule has 1 saturated heterocycles. The Labute approximate surface area is 106 Å². The number of aromatic nitrogens is 1. The van der Waals surface area contributed by atoms with E-state index in [9.17, 15) is 4.79 Å². The predicted molar refractivity (Wildman–Crippen MR) is 69.7 cm³/mol. The Hall–Kier alpha value is -1.74. The van der Waals surface area contributed by atoms with E-state index in [0.29, 0.717) is 6.61 Å². The van der Waals surface area contributed by atoms with Crippen molar-refractivity contribution in [3.8, 4) is 0 Å². The van der Waals surface area contributed by atoms with Crippen LogP contribution in [0.1, 0.15) is 29.6 Å². The largest absolute Gasteiger partial charge is 0.370 e. The number of pyridine rings is 1. The molecule has 3 heteroatoms. The number of ether oxygens (including phenoxy) is 1. The fourth-order valence-electron chi connectivity index (χ4n) is 2.36. The first-order valence-corrected chi connectivity index (χ1v) is 6.35. The fraction of sp³-hybridized carbons (Fsp3) is 0.333. The van der Waals surface area contributed by atoms with Gasteiger partial charge in [-0.1, -0.05) is 6.07 Å². The van der Waals surface area contributed by atoms with Gasteiger partial charge in [0, 0.05) is 23.8 Å². The van der Waals surface area contributed by atoms with E-state index >= 15 is 0 Å². The number of ketones is 1. The van der Waals surface area contributed by atoms with E-state index in [0.717, 1.165) is 35.7 Å². The smallest absolute Gasteiger partial charge is 0.191 e. The van der Waals surface area contributed by atoms with Crippen molar-refractivity contribution in [3.05, 3.63) is 42.1 Å². The minimum absolute atomic E-state index is 0.0976. The molecule has 18 heavy (non-hydrogen) atoms. The summed E-state index contributed by atoms with van der Waals surface area (Å²) < 4.78 is 5.54. The summed E-state index contributed by atoms with van der Waals surface area (Å²) >= 11 is 0. The molecule has 0 spiro atoms. The number of carbonyl (C=O) groups is 1. The second-order valence-corrected chi connectivity index (χ2v) is 4.63. The van der Waals surface area contributed by atoms with Crippen LogP contribution in [0.3, 0.4) is 0 Å². The maximum Gasteiger partial charge on any atom is 0.191 e. The molecule has 2 aromatic rings. The molecule has 0 aliphatic carbocycles. The quantitative estimate of drug-likeness (QED) is 0.759. The Morgan fingerprint density at radius 3 is 3.06 bits per heavy atom. The van der Waals surface area contributed by atoms with Gasteiger partial charge in [0.1, 0.15) is 6.10 Å². The highest BCUT2D eigenvalue weighted by Crippen LogP contribution is 2.20. The van der Waals surface area contributed by atoms with Crippen molar-refractivity contribution in [3.63, 3.8) is 0 Å². The van der Waals surface area contributed by atoms with Crippen LogP contribution in [0, 0.1) is 0 Å². The van der Waals surface area contributed by atoms with Gasteiger partial charge in [0.05, 0.1) is 5.52 Å². The summed E-state index contributed by atoms with van der Waals surface area (Å²) in [6.45, 7) is 0.700. The van der Waals surface area contributed by atoms with Gasteiger partial charge in [-0.15, -0.1) is 0 Å². The van der Waals surface area contributed by atoms with Crippen molar-refractivity contribution in [2.75, 3.05) is 6.61 Å². The third-order valence-corrected chi connectivity index (χ3v) is 3.36. The lowest BCUT2D eigenvalue weighted by atomic mass is 9.99. The summed E-state index contributed by atoms with van der Waals surface area (Å²) in [6, 6.07) is 9.50. The van der Waals surface area contributed by atoms with Gasteiger partial charge in [0.2, 0.25) is 0 Å². The second kappa shape index (κ2) is 4.86. The molecule has 0 N–H and O–H groups in total. The zero-order chi connectivity index (χ0) is 12.4. The lowest BCUT2D eigenvalue weighted by Gasteiger charge is -2.21. The molecule has 2 heterocycles. The van der Waals surface area contributed by atoms with Crippen molar-refractivity contribution < 1.29 is 9.53 Å². The molecule has 3 rings (SSSR count). The highest BCUT2D eigenvalue weighted by Gasteiger charge is 2.23. The Balaban J connectivity index is 1.91. The normalized spacial score (nSPS) is 19.9. The van der Waals surface area contributed by atoms with Crippen LogP contribution in [-0.2, 0) is 4.74 Å². The average Bonchev–Trinajstić information content (AvgIpc) is 2.47. The standard InChI is InChI=1S/C15H15NO2/c17-15(14-5-1-2-9-18-14)12-6-7-13-11(10-12)4-3-8-16-13/h3-4,6-8,10,14H,1-2,5,9H2. The number of hydrogen-bond donors (Lipinski definition) is 0. The molecule has 1 aliphatic heterocycles. The monoisotopic (exact) mass is 241 g/mol. The Morgan fingerprint density at radius 1 is 1.28 bits per heavy atom. The molecule has 0 saturated carbocycles. The van der Waals surface area contributed by atoms with Gasteiger partial charge >= 0.3 is 0 Å². The molecule has 1 unspecified atom stereocenters. The number of Topliss-reactive ketones (excluding diaryl/α,β-unsaturated/α-hetero) is 1. The number of hydrogen-bond acceptors (Lipinski definition) is 3. The van der Waals surface area contributed by atoms with E-state index in [1.54, 1.807) is 6.20 Å². The van der Waals surface area contributed by atoms with Crippen LogP contribution in [0.4, 0.5) is 0 Å². The van der Waals surface area contributed by atoms with Crippen LogP contribution < -0.4 is 0 Å². The average molecular weight is 241 g/mol. The van der Waals surface area contributed by atoms with Crippen LogP contribution in [0.2, 0.25) is 0 Å². The van der Waals surface area contributed by atoms with E-state index in [-0.39, 0.29) is 11.9 Å². The molecule has 1 aromatic heterocycles. The maximum absolute atomic E-state index is 12.3. The number of fused-ring (bicyclic) bond motifs is 1. The molecule has 1 aromatic carbocycles. The molecule has 3 nitrogen and oxygen atoms in total. The van der Waals surface area contributed by atoms with Gasteiger partial charge in [-0.3, -0.25) is 9.78 Å². The predicted octanol–water partition coefficient (Wildman–Crippen LogP) is 2.99. The molecule has 0 bridgehead atoms. The zero-order valence-electron chi connectivity index (χ0n) is 10.1. The first-order valence-electron chi connectivity index (χ1n) is 6.35. The lowest BCUT2D eigenvalue weighted by Crippen LogP contribution is -2.28. The summed E-state index contributed by atoms with van der Waals surface area (Å²) in [5, 5.41) is 0.999. The van der Waals surface area contributed by atoms with E-state index in [1.165, 1.54) is 0 Å². The summed E-state index contributed by atoms with van der Waals surface area (Å²) in [6.07, 6.45) is 4.47. The number of nitrogens with zero attached hydrogens (tertiary/aromatic N) is 1. The fourth-order valence-corrected chi connectivity index (χ4v) is 2.36. The molecule has 1 atom stereocenters. The minimum Gasteiger partial charge on any atom is -0.370 e. The number of benzene rings is 1. The summed E-state index contributed by atoms with van der Waals surface area (Å²) in [5.41, 5.74) is 1.64. The van der Waals surface area contributed by atoms with Gasteiger partial charge < -0.3 is 4.74 Å². The second-order valence-electron chi connectivity index (χ2n) is 4.63. The molecule has 0 amide bonds. The van der Waals surface area contributed by atoms with Crippen LogP contribution in [0.15, 0.2) is 36.5 Å². The van der Waals surface area contributed by atoms with Gasteiger partial charge in [-0.25, -0.2) is 0 Å². The molecular weight excluding hydrogens is 226 g/mol. The van der Waals surface area contributed by atoms with E-state index < -0.39 is 0 Å². The van der Waals surface area contributed by atoms with E-state index in [4.69, 9.17) is 4.74 Å². The molecule has 1 fully saturated rings. The Bertz CT molecular complexity index is 573. The van der Waals surface area contributed by atoms with Crippen LogP contribution >= 0.6 is 0 Å². The van der Waals surface area contributed by atoms with Crippen molar-refractivity contribution in [2.45, 2.75) is 25.4 Å². The van der Waals surface area contributed by atoms with Crippen molar-refractivity contribution in [2.24, 2.45) is 0 Å². The van der Waals surface area contributed by atoms with Crippen LogP contribution in [-0.4, -0.2) is 23.5 Å². The summed E-state index contributed by atoms with van der Waals surface area (Å²) in [4.78, 5) is 16.5. The highest BCUT2D eigenvalue weighted by atomic mass is 16.5. The molecular formula is C15H15NO2. The van der Waals surface area contributed by atoms with Gasteiger partial charge in [0.15, 0.2) is 5.78 Å². The van der Waals surface area contributed by atoms with Crippen LogP contribution in [0.5, 0.6) is 0 Å². The number of carbonyl (C=O) groups excluding carboxylic acids is 1. The molecule has 1 aliphatic rings. The third-order valence-electron chi connectivity index (χ3n) is 3.36. The highest BCUT2D eigenvalue weighted by molar-refractivity contribution is 6.02. The number of rotatable bonds is 2.